The number of carboxylic acid groups (broad SMARTS) is 1. The topological polar surface area (TPSA) is 57.5 Å². The number of carbonyl (C=O) groups is 1. The highest BCUT2D eigenvalue weighted by Gasteiger charge is 2.57. The Balaban J connectivity index is 1.98. The van der Waals surface area contributed by atoms with E-state index in [0.717, 1.165) is 12.8 Å². The van der Waals surface area contributed by atoms with E-state index < -0.39 is 17.0 Å². The molecular weight excluding hydrogens is 192 g/mol. The highest BCUT2D eigenvalue weighted by Crippen LogP contribution is 2.61. The Hall–Kier alpha value is -0.570. The van der Waals surface area contributed by atoms with Crippen LogP contribution in [0.15, 0.2) is 0 Å². The Morgan fingerprint density at radius 1 is 1.40 bits per heavy atom. The predicted molar refractivity (Wildman–Crippen MR) is 56.4 cm³/mol. The van der Waals surface area contributed by atoms with Gasteiger partial charge in [-0.2, -0.15) is 0 Å². The Labute approximate surface area is 90.5 Å². The molecule has 3 nitrogen and oxygen atoms in total. The van der Waals surface area contributed by atoms with Gasteiger partial charge in [0.15, 0.2) is 0 Å². The predicted octanol–water partition coefficient (Wildman–Crippen LogP) is 2.04. The minimum absolute atomic E-state index is 0.520. The van der Waals surface area contributed by atoms with Gasteiger partial charge in [0.2, 0.25) is 0 Å². The van der Waals surface area contributed by atoms with E-state index in [4.69, 9.17) is 0 Å². The smallest absolute Gasteiger partial charge is 0.309 e. The second kappa shape index (κ2) is 3.21. The highest BCUT2D eigenvalue weighted by molar-refractivity contribution is 5.75. The number of aliphatic hydroxyl groups is 1. The summed E-state index contributed by atoms with van der Waals surface area (Å²) < 4.78 is 0. The van der Waals surface area contributed by atoms with Crippen LogP contribution < -0.4 is 0 Å². The first-order valence-electron chi connectivity index (χ1n) is 5.78. The standard InChI is InChI=1S/C12H20O3/c1-11(2,15)3-4-12(10(13)14)6-8-5-9(8)7-12/h8-9,15H,3-7H2,1-2H3,(H,13,14). The van der Waals surface area contributed by atoms with Gasteiger partial charge in [-0.1, -0.05) is 0 Å². The quantitative estimate of drug-likeness (QED) is 0.749. The average molecular weight is 212 g/mol. The van der Waals surface area contributed by atoms with Crippen molar-refractivity contribution in [3.63, 3.8) is 0 Å². The Kier molecular flexibility index (Phi) is 2.34. The van der Waals surface area contributed by atoms with Gasteiger partial charge in [0.25, 0.3) is 0 Å². The maximum Gasteiger partial charge on any atom is 0.309 e. The molecule has 3 heteroatoms. The van der Waals surface area contributed by atoms with Crippen LogP contribution in [-0.2, 0) is 4.79 Å². The lowest BCUT2D eigenvalue weighted by atomic mass is 9.77. The van der Waals surface area contributed by atoms with Crippen molar-refractivity contribution in [1.82, 2.24) is 0 Å². The van der Waals surface area contributed by atoms with Crippen LogP contribution in [0.25, 0.3) is 0 Å². The van der Waals surface area contributed by atoms with E-state index in [9.17, 15) is 15.0 Å². The summed E-state index contributed by atoms with van der Waals surface area (Å²) in [5.74, 6) is 0.685. The van der Waals surface area contributed by atoms with E-state index in [-0.39, 0.29) is 0 Å². The third-order valence-electron chi connectivity index (χ3n) is 4.04. The fraction of sp³-hybridized carbons (Fsp3) is 0.917. The van der Waals surface area contributed by atoms with Gasteiger partial charge in [0.05, 0.1) is 11.0 Å². The first-order valence-corrected chi connectivity index (χ1v) is 5.78. The number of hydrogen-bond donors (Lipinski definition) is 2. The average Bonchev–Trinajstić information content (AvgIpc) is 2.70. The van der Waals surface area contributed by atoms with Crippen molar-refractivity contribution in [3.8, 4) is 0 Å². The second-order valence-corrected chi connectivity index (χ2v) is 6.06. The van der Waals surface area contributed by atoms with Gasteiger partial charge >= 0.3 is 5.97 Å². The van der Waals surface area contributed by atoms with E-state index in [1.807, 2.05) is 0 Å². The summed E-state index contributed by atoms with van der Waals surface area (Å²) in [6, 6.07) is 0. The molecule has 15 heavy (non-hydrogen) atoms. The minimum atomic E-state index is -0.741. The van der Waals surface area contributed by atoms with Crippen molar-refractivity contribution >= 4 is 5.97 Å². The largest absolute Gasteiger partial charge is 0.481 e. The molecule has 2 N–H and O–H groups in total. The molecule has 0 aromatic carbocycles. The molecule has 0 heterocycles. The fourth-order valence-corrected chi connectivity index (χ4v) is 2.93. The second-order valence-electron chi connectivity index (χ2n) is 6.06. The van der Waals surface area contributed by atoms with Crippen molar-refractivity contribution in [2.75, 3.05) is 0 Å². The van der Waals surface area contributed by atoms with Crippen LogP contribution in [0.3, 0.4) is 0 Å². The van der Waals surface area contributed by atoms with Crippen LogP contribution in [-0.4, -0.2) is 21.8 Å². The van der Waals surface area contributed by atoms with Crippen molar-refractivity contribution in [3.05, 3.63) is 0 Å². The molecule has 2 aliphatic carbocycles. The molecule has 2 unspecified atom stereocenters. The van der Waals surface area contributed by atoms with E-state index in [1.54, 1.807) is 13.8 Å². The molecular formula is C12H20O3. The normalized spacial score (nSPS) is 38.9. The van der Waals surface area contributed by atoms with E-state index >= 15 is 0 Å². The monoisotopic (exact) mass is 212 g/mol. The molecule has 0 aromatic rings. The van der Waals surface area contributed by atoms with Crippen molar-refractivity contribution < 1.29 is 15.0 Å². The zero-order valence-electron chi connectivity index (χ0n) is 9.49. The third kappa shape index (κ3) is 2.17. The number of rotatable bonds is 4. The molecule has 86 valence electrons. The zero-order valence-corrected chi connectivity index (χ0v) is 9.49. The molecule has 0 amide bonds. The summed E-state index contributed by atoms with van der Waals surface area (Å²) >= 11 is 0. The lowest BCUT2D eigenvalue weighted by molar-refractivity contribution is -0.150. The molecule has 2 rings (SSSR count). The van der Waals surface area contributed by atoms with Crippen LogP contribution in [0.5, 0.6) is 0 Å². The summed E-state index contributed by atoms with van der Waals surface area (Å²) in [5.41, 5.74) is -1.26. The molecule has 2 saturated carbocycles. The molecule has 0 saturated heterocycles. The summed E-state index contributed by atoms with van der Waals surface area (Å²) in [6.07, 6.45) is 4.11. The Morgan fingerprint density at radius 3 is 2.33 bits per heavy atom. The van der Waals surface area contributed by atoms with Crippen LogP contribution in [0.2, 0.25) is 0 Å². The molecule has 2 aliphatic rings. The summed E-state index contributed by atoms with van der Waals surface area (Å²) in [7, 11) is 0. The van der Waals surface area contributed by atoms with Crippen LogP contribution in [0.1, 0.15) is 46.0 Å². The van der Waals surface area contributed by atoms with Crippen molar-refractivity contribution in [1.29, 1.82) is 0 Å². The van der Waals surface area contributed by atoms with Gasteiger partial charge in [0.1, 0.15) is 0 Å². The van der Waals surface area contributed by atoms with Gasteiger partial charge in [-0.15, -0.1) is 0 Å². The Morgan fingerprint density at radius 2 is 1.93 bits per heavy atom. The van der Waals surface area contributed by atoms with Crippen molar-refractivity contribution in [2.45, 2.75) is 51.6 Å². The van der Waals surface area contributed by atoms with Crippen LogP contribution in [0, 0.1) is 17.3 Å². The SMILES string of the molecule is CC(C)(O)CCC1(C(=O)O)CC2CC2C1. The van der Waals surface area contributed by atoms with Gasteiger partial charge in [0, 0.05) is 0 Å². The van der Waals surface area contributed by atoms with Gasteiger partial charge in [-0.25, -0.2) is 0 Å². The number of carboxylic acids is 1. The van der Waals surface area contributed by atoms with Crippen molar-refractivity contribution in [2.24, 2.45) is 17.3 Å². The third-order valence-corrected chi connectivity index (χ3v) is 4.04. The Bertz CT molecular complexity index is 267. The number of aliphatic carboxylic acids is 1. The van der Waals surface area contributed by atoms with E-state index in [2.05, 4.69) is 0 Å². The van der Waals surface area contributed by atoms with Gasteiger partial charge in [-0.3, -0.25) is 4.79 Å². The summed E-state index contributed by atoms with van der Waals surface area (Å²) in [5, 5.41) is 19.0. The van der Waals surface area contributed by atoms with Gasteiger partial charge in [-0.05, 0) is 57.8 Å². The fourth-order valence-electron chi connectivity index (χ4n) is 2.93. The highest BCUT2D eigenvalue weighted by atomic mass is 16.4. The van der Waals surface area contributed by atoms with E-state index in [0.29, 0.717) is 24.7 Å². The number of fused-ring (bicyclic) bond motifs is 1. The molecule has 0 aromatic heterocycles. The van der Waals surface area contributed by atoms with Crippen LogP contribution in [0.4, 0.5) is 0 Å². The zero-order chi connectivity index (χ0) is 11.3. The first-order chi connectivity index (χ1) is 6.82. The van der Waals surface area contributed by atoms with Crippen LogP contribution >= 0.6 is 0 Å². The lowest BCUT2D eigenvalue weighted by Gasteiger charge is -2.29. The number of hydrogen-bond acceptors (Lipinski definition) is 2. The minimum Gasteiger partial charge on any atom is -0.481 e. The summed E-state index contributed by atoms with van der Waals surface area (Å²) in [4.78, 5) is 11.3. The molecule has 0 aliphatic heterocycles. The molecule has 2 fully saturated rings. The molecule has 0 spiro atoms. The molecule has 0 bridgehead atoms. The summed E-state index contributed by atoms with van der Waals surface area (Å²) in [6.45, 7) is 3.50. The molecule has 0 radical (unpaired) electrons. The maximum atomic E-state index is 11.3. The lowest BCUT2D eigenvalue weighted by Crippen LogP contribution is -2.32. The first kappa shape index (κ1) is 10.9. The van der Waals surface area contributed by atoms with E-state index in [1.165, 1.54) is 6.42 Å². The molecule has 2 atom stereocenters. The van der Waals surface area contributed by atoms with Gasteiger partial charge < -0.3 is 10.2 Å². The maximum absolute atomic E-state index is 11.3.